The summed E-state index contributed by atoms with van der Waals surface area (Å²) in [5.41, 5.74) is 0.0966. The van der Waals surface area contributed by atoms with E-state index < -0.39 is 38.8 Å². The van der Waals surface area contributed by atoms with Gasteiger partial charge in [0.05, 0.1) is 16.3 Å². The Morgan fingerprint density at radius 3 is 2.58 bits per heavy atom. The molecule has 1 atom stereocenters. The highest BCUT2D eigenvalue weighted by Crippen LogP contribution is 2.52. The summed E-state index contributed by atoms with van der Waals surface area (Å²) >= 11 is 0. The zero-order valence-electron chi connectivity index (χ0n) is 25.0. The number of nitrogens with one attached hydrogen (secondary N) is 1. The number of para-hydroxylation sites is 1. The lowest BCUT2D eigenvalue weighted by Crippen LogP contribution is -2.41. The Kier molecular flexibility index (Phi) is 7.43. The number of oxazole rings is 1. The van der Waals surface area contributed by atoms with E-state index in [1.165, 1.54) is 42.5 Å². The van der Waals surface area contributed by atoms with Crippen LogP contribution in [0.5, 0.6) is 11.5 Å². The number of carbonyl (C=O) groups excluding carboxylic acids is 1. The molecule has 0 spiro atoms. The standard InChI is InChI=1S/C33H31F2N3O6S/c1-18-28(36-19(2)44-18)32(40)38-26-9-6-10-27(39)29(26)37-25-15-33(3,4)17-45(41,42)31(25)30(38)23-12-11-22(14-24(23)35)43-16-20-7-5-8-21(34)13-20/h5-14,30,37,39H,15-17H2,1-4H3. The molecule has 4 aromatic rings. The van der Waals surface area contributed by atoms with Gasteiger partial charge < -0.3 is 19.6 Å². The number of phenols is 1. The summed E-state index contributed by atoms with van der Waals surface area (Å²) in [6.45, 7) is 6.69. The lowest BCUT2D eigenvalue weighted by Gasteiger charge is -2.37. The fraction of sp³-hybridized carbons (Fsp3) is 0.273. The molecule has 6 rings (SSSR count). The van der Waals surface area contributed by atoms with Crippen LogP contribution in [0.25, 0.3) is 0 Å². The Labute approximate surface area is 259 Å². The zero-order chi connectivity index (χ0) is 32.3. The van der Waals surface area contributed by atoms with Gasteiger partial charge in [0.1, 0.15) is 47.2 Å². The second-order valence-corrected chi connectivity index (χ2v) is 14.0. The van der Waals surface area contributed by atoms with Crippen LogP contribution in [0.3, 0.4) is 0 Å². The van der Waals surface area contributed by atoms with Gasteiger partial charge in [0, 0.05) is 24.3 Å². The number of phenolic OH excluding ortho intramolecular Hbond substituents is 1. The number of sulfone groups is 1. The van der Waals surface area contributed by atoms with Crippen molar-refractivity contribution in [3.63, 3.8) is 0 Å². The number of ether oxygens (including phenoxy) is 1. The number of allylic oxidation sites excluding steroid dienone is 1. The Hall–Kier alpha value is -4.71. The number of halogens is 2. The summed E-state index contributed by atoms with van der Waals surface area (Å²) in [7, 11) is -4.11. The van der Waals surface area contributed by atoms with E-state index in [0.29, 0.717) is 5.56 Å². The fourth-order valence-electron chi connectivity index (χ4n) is 6.06. The number of aromatic hydroxyl groups is 1. The number of hydrogen-bond donors (Lipinski definition) is 2. The van der Waals surface area contributed by atoms with Gasteiger partial charge in [-0.15, -0.1) is 0 Å². The summed E-state index contributed by atoms with van der Waals surface area (Å²) in [6, 6.07) is 12.7. The summed E-state index contributed by atoms with van der Waals surface area (Å²) in [4.78, 5) is 19.6. The number of fused-ring (bicyclic) bond motifs is 1. The summed E-state index contributed by atoms with van der Waals surface area (Å²) in [5.74, 6) is -1.97. The first-order valence-electron chi connectivity index (χ1n) is 14.2. The molecule has 0 aliphatic carbocycles. The molecule has 0 radical (unpaired) electrons. The monoisotopic (exact) mass is 635 g/mol. The minimum atomic E-state index is -4.11. The van der Waals surface area contributed by atoms with Crippen LogP contribution >= 0.6 is 0 Å². The quantitative estimate of drug-likeness (QED) is 0.232. The van der Waals surface area contributed by atoms with E-state index in [9.17, 15) is 22.7 Å². The topological polar surface area (TPSA) is 122 Å². The molecule has 234 valence electrons. The van der Waals surface area contributed by atoms with Gasteiger partial charge in [0.15, 0.2) is 21.4 Å². The molecule has 2 aliphatic rings. The molecule has 1 aromatic heterocycles. The Bertz CT molecular complexity index is 1990. The average molecular weight is 636 g/mol. The number of nitrogens with zero attached hydrogens (tertiary/aromatic N) is 2. The first-order valence-corrected chi connectivity index (χ1v) is 15.9. The van der Waals surface area contributed by atoms with Crippen LogP contribution in [0.4, 0.5) is 20.2 Å². The van der Waals surface area contributed by atoms with Crippen molar-refractivity contribution in [2.75, 3.05) is 16.0 Å². The molecule has 12 heteroatoms. The number of aromatic nitrogens is 1. The molecule has 2 aliphatic heterocycles. The molecule has 1 amide bonds. The second kappa shape index (κ2) is 11.0. The lowest BCUT2D eigenvalue weighted by atomic mass is 9.88. The lowest BCUT2D eigenvalue weighted by molar-refractivity contribution is 0.0974. The largest absolute Gasteiger partial charge is 0.506 e. The Morgan fingerprint density at radius 1 is 1.13 bits per heavy atom. The average Bonchev–Trinajstić information content (AvgIpc) is 3.20. The van der Waals surface area contributed by atoms with E-state index in [1.54, 1.807) is 39.8 Å². The Balaban J connectivity index is 1.55. The molecule has 3 aromatic carbocycles. The van der Waals surface area contributed by atoms with Crippen molar-refractivity contribution in [3.8, 4) is 11.5 Å². The van der Waals surface area contributed by atoms with Crippen LogP contribution < -0.4 is 15.0 Å². The predicted molar refractivity (Wildman–Crippen MR) is 164 cm³/mol. The predicted octanol–water partition coefficient (Wildman–Crippen LogP) is 6.72. The van der Waals surface area contributed by atoms with Crippen LogP contribution in [0.15, 0.2) is 75.7 Å². The Morgan fingerprint density at radius 2 is 1.89 bits per heavy atom. The molecular weight excluding hydrogens is 604 g/mol. The fourth-order valence-corrected chi connectivity index (χ4v) is 8.42. The molecule has 0 saturated heterocycles. The van der Waals surface area contributed by atoms with Crippen LogP contribution in [-0.2, 0) is 16.4 Å². The van der Waals surface area contributed by atoms with Crippen LogP contribution in [0.2, 0.25) is 0 Å². The number of benzene rings is 3. The van der Waals surface area contributed by atoms with Crippen LogP contribution in [0, 0.1) is 30.9 Å². The number of amides is 1. The van der Waals surface area contributed by atoms with Crippen molar-refractivity contribution in [1.82, 2.24) is 4.98 Å². The first-order chi connectivity index (χ1) is 21.2. The smallest absolute Gasteiger partial charge is 0.281 e. The van der Waals surface area contributed by atoms with Crippen molar-refractivity contribution in [2.24, 2.45) is 5.41 Å². The molecule has 0 fully saturated rings. The van der Waals surface area contributed by atoms with Crippen molar-refractivity contribution < 1.29 is 36.3 Å². The van der Waals surface area contributed by atoms with E-state index in [4.69, 9.17) is 9.15 Å². The van der Waals surface area contributed by atoms with Crippen molar-refractivity contribution in [2.45, 2.75) is 46.8 Å². The molecule has 9 nitrogen and oxygen atoms in total. The SMILES string of the molecule is Cc1nc(C(=O)N2c3cccc(O)c3NC3=C(C2c2ccc(OCc4cccc(F)c4)cc2F)S(=O)(=O)CC(C)(C)C3)c(C)o1. The number of aryl methyl sites for hydroxylation is 2. The summed E-state index contributed by atoms with van der Waals surface area (Å²) in [6.07, 6.45) is 0.242. The van der Waals surface area contributed by atoms with Gasteiger partial charge in [-0.25, -0.2) is 22.2 Å². The van der Waals surface area contributed by atoms with E-state index >= 15 is 4.39 Å². The molecule has 2 N–H and O–H groups in total. The molecule has 0 bridgehead atoms. The normalized spacial score (nSPS) is 18.4. The number of anilines is 2. The van der Waals surface area contributed by atoms with Gasteiger partial charge in [-0.1, -0.05) is 32.0 Å². The molecule has 1 unspecified atom stereocenters. The maximum Gasteiger partial charge on any atom is 0.281 e. The van der Waals surface area contributed by atoms with E-state index in [2.05, 4.69) is 10.3 Å². The maximum absolute atomic E-state index is 16.3. The third-order valence-electron chi connectivity index (χ3n) is 7.82. The van der Waals surface area contributed by atoms with Gasteiger partial charge in [0.2, 0.25) is 0 Å². The summed E-state index contributed by atoms with van der Waals surface area (Å²) in [5, 5.41) is 14.1. The van der Waals surface area contributed by atoms with Crippen molar-refractivity contribution in [1.29, 1.82) is 0 Å². The highest BCUT2D eigenvalue weighted by molar-refractivity contribution is 7.95. The minimum absolute atomic E-state index is 0.0370. The number of hydrogen-bond acceptors (Lipinski definition) is 8. The highest BCUT2D eigenvalue weighted by Gasteiger charge is 2.48. The van der Waals surface area contributed by atoms with Crippen molar-refractivity contribution >= 4 is 27.1 Å². The molecule has 0 saturated carbocycles. The number of carbonyl (C=O) groups is 1. The van der Waals surface area contributed by atoms with Gasteiger partial charge in [-0.05, 0) is 60.7 Å². The maximum atomic E-state index is 16.3. The van der Waals surface area contributed by atoms with Gasteiger partial charge >= 0.3 is 0 Å². The van der Waals surface area contributed by atoms with Crippen LogP contribution in [0.1, 0.15) is 59.6 Å². The summed E-state index contributed by atoms with van der Waals surface area (Å²) < 4.78 is 69.5. The second-order valence-electron chi connectivity index (χ2n) is 12.1. The van der Waals surface area contributed by atoms with Crippen molar-refractivity contribution in [3.05, 3.63) is 111 Å². The first kappa shape index (κ1) is 30.3. The van der Waals surface area contributed by atoms with E-state index in [0.717, 1.165) is 11.0 Å². The zero-order valence-corrected chi connectivity index (χ0v) is 25.8. The molecular formula is C33H31F2N3O6S. The van der Waals surface area contributed by atoms with Crippen LogP contribution in [-0.4, -0.2) is 30.2 Å². The molecule has 45 heavy (non-hydrogen) atoms. The van der Waals surface area contributed by atoms with Gasteiger partial charge in [-0.3, -0.25) is 9.69 Å². The third-order valence-corrected chi connectivity index (χ3v) is 10.1. The highest BCUT2D eigenvalue weighted by atomic mass is 32.2. The van der Waals surface area contributed by atoms with Gasteiger partial charge in [0.25, 0.3) is 5.91 Å². The minimum Gasteiger partial charge on any atom is -0.506 e. The molecule has 3 heterocycles. The van der Waals surface area contributed by atoms with Gasteiger partial charge in [-0.2, -0.15) is 0 Å². The third kappa shape index (κ3) is 5.66. The number of rotatable bonds is 5. The van der Waals surface area contributed by atoms with E-state index in [1.807, 2.05) is 0 Å². The van der Waals surface area contributed by atoms with E-state index in [-0.39, 0.29) is 75.2 Å².